The van der Waals surface area contributed by atoms with Crippen LogP contribution in [0.5, 0.6) is 5.75 Å². The van der Waals surface area contributed by atoms with E-state index >= 15 is 0 Å². The number of carbonyl (C=O) groups excluding carboxylic acids is 1. The number of fused-ring (bicyclic) bond motifs is 1. The Labute approximate surface area is 134 Å². The molecule has 3 rings (SSSR count). The molecule has 0 spiro atoms. The van der Waals surface area contributed by atoms with Crippen LogP contribution < -0.4 is 10.1 Å². The van der Waals surface area contributed by atoms with Gasteiger partial charge in [-0.15, -0.1) is 5.10 Å². The Balaban J connectivity index is 1.83. The van der Waals surface area contributed by atoms with Crippen molar-refractivity contribution >= 4 is 29.1 Å². The van der Waals surface area contributed by atoms with Crippen molar-refractivity contribution in [3.05, 3.63) is 28.8 Å². The average Bonchev–Trinajstić information content (AvgIpc) is 2.95. The van der Waals surface area contributed by atoms with Crippen molar-refractivity contribution in [2.45, 2.75) is 32.6 Å². The first-order valence-electron chi connectivity index (χ1n) is 7.59. The Bertz CT molecular complexity index is 641. The van der Waals surface area contributed by atoms with Crippen LogP contribution in [0.2, 0.25) is 0 Å². The number of benzene rings is 1. The summed E-state index contributed by atoms with van der Waals surface area (Å²) in [6.07, 6.45) is 6.30. The van der Waals surface area contributed by atoms with Gasteiger partial charge in [0, 0.05) is 0 Å². The highest BCUT2D eigenvalue weighted by atomic mass is 32.2. The second-order valence-corrected chi connectivity index (χ2v) is 6.20. The van der Waals surface area contributed by atoms with Gasteiger partial charge in [0.15, 0.2) is 5.17 Å². The van der Waals surface area contributed by atoms with E-state index in [0.717, 1.165) is 24.2 Å². The average molecular weight is 317 g/mol. The van der Waals surface area contributed by atoms with Crippen LogP contribution in [0.1, 0.15) is 36.5 Å². The van der Waals surface area contributed by atoms with E-state index in [1.807, 2.05) is 19.1 Å². The van der Waals surface area contributed by atoms with Crippen LogP contribution in [0, 0.1) is 0 Å². The number of nitrogens with zero attached hydrogens (tertiary/aromatic N) is 2. The molecule has 6 heteroatoms. The summed E-state index contributed by atoms with van der Waals surface area (Å²) in [5, 5.41) is 11.4. The van der Waals surface area contributed by atoms with E-state index in [-0.39, 0.29) is 5.91 Å². The molecule has 1 amide bonds. The lowest BCUT2D eigenvalue weighted by atomic mass is 9.88. The van der Waals surface area contributed by atoms with Crippen LogP contribution >= 0.6 is 11.8 Å². The molecule has 116 valence electrons. The Morgan fingerprint density at radius 3 is 2.86 bits per heavy atom. The summed E-state index contributed by atoms with van der Waals surface area (Å²) in [5.41, 5.74) is 3.73. The molecule has 0 unspecified atom stereocenters. The minimum Gasteiger partial charge on any atom is -0.494 e. The molecule has 1 fully saturated rings. The molecule has 5 nitrogen and oxygen atoms in total. The van der Waals surface area contributed by atoms with Crippen molar-refractivity contribution in [2.75, 3.05) is 12.4 Å². The van der Waals surface area contributed by atoms with Crippen LogP contribution in [0.15, 0.2) is 22.3 Å². The normalized spacial score (nSPS) is 19.5. The van der Waals surface area contributed by atoms with Gasteiger partial charge in [0.2, 0.25) is 5.91 Å². The molecule has 0 atom stereocenters. The summed E-state index contributed by atoms with van der Waals surface area (Å²) < 4.78 is 5.73. The van der Waals surface area contributed by atoms with Crippen molar-refractivity contribution in [2.24, 2.45) is 10.2 Å². The third-order valence-corrected chi connectivity index (χ3v) is 4.62. The van der Waals surface area contributed by atoms with E-state index in [4.69, 9.17) is 4.74 Å². The maximum Gasteiger partial charge on any atom is 0.236 e. The van der Waals surface area contributed by atoms with Crippen LogP contribution in [-0.2, 0) is 17.6 Å². The summed E-state index contributed by atoms with van der Waals surface area (Å²) in [7, 11) is 0. The van der Waals surface area contributed by atoms with Gasteiger partial charge in [0.25, 0.3) is 0 Å². The maximum atomic E-state index is 11.1. The van der Waals surface area contributed by atoms with Crippen molar-refractivity contribution in [1.29, 1.82) is 0 Å². The maximum absolute atomic E-state index is 11.1. The van der Waals surface area contributed by atoms with Gasteiger partial charge in [-0.25, -0.2) is 0 Å². The summed E-state index contributed by atoms with van der Waals surface area (Å²) in [5.74, 6) is 1.41. The highest BCUT2D eigenvalue weighted by molar-refractivity contribution is 8.15. The van der Waals surface area contributed by atoms with Gasteiger partial charge in [-0.1, -0.05) is 11.8 Å². The number of amidine groups is 1. The predicted molar refractivity (Wildman–Crippen MR) is 89.9 cm³/mol. The van der Waals surface area contributed by atoms with Crippen LogP contribution in [0.25, 0.3) is 0 Å². The van der Waals surface area contributed by atoms with Gasteiger partial charge < -0.3 is 10.1 Å². The smallest absolute Gasteiger partial charge is 0.236 e. The second-order valence-electron chi connectivity index (χ2n) is 5.24. The number of carbonyl (C=O) groups is 1. The second kappa shape index (κ2) is 6.96. The van der Waals surface area contributed by atoms with Gasteiger partial charge in [-0.05, 0) is 61.4 Å². The molecule has 1 aromatic carbocycles. The molecular weight excluding hydrogens is 298 g/mol. The van der Waals surface area contributed by atoms with Gasteiger partial charge >= 0.3 is 0 Å². The van der Waals surface area contributed by atoms with Gasteiger partial charge in [-0.3, -0.25) is 4.79 Å². The molecule has 1 saturated heterocycles. The molecule has 1 N–H and O–H groups in total. The number of hydrogen-bond donors (Lipinski definition) is 1. The number of ether oxygens (including phenoxy) is 1. The van der Waals surface area contributed by atoms with Crippen molar-refractivity contribution in [1.82, 2.24) is 5.32 Å². The molecule has 0 radical (unpaired) electrons. The fourth-order valence-corrected chi connectivity index (χ4v) is 3.43. The first kappa shape index (κ1) is 15.1. The SMILES string of the molecule is CCOc1ccc(C=NN=C2NC(=O)CS2)c2c1CCCC2. The van der Waals surface area contributed by atoms with Crippen LogP contribution in [0.4, 0.5) is 0 Å². The van der Waals surface area contributed by atoms with Crippen molar-refractivity contribution < 1.29 is 9.53 Å². The molecular formula is C16H19N3O2S. The Morgan fingerprint density at radius 1 is 1.32 bits per heavy atom. The number of thioether (sulfide) groups is 1. The van der Waals surface area contributed by atoms with Crippen molar-refractivity contribution in [3.63, 3.8) is 0 Å². The Hall–Kier alpha value is -1.82. The largest absolute Gasteiger partial charge is 0.494 e. The minimum atomic E-state index is -0.0163. The standard InChI is InChI=1S/C16H19N3O2S/c1-2-21-14-8-7-11(12-5-3-4-6-13(12)14)9-17-19-16-18-15(20)10-22-16/h7-9H,2-6,10H2,1H3,(H,18,19,20). The lowest BCUT2D eigenvalue weighted by Crippen LogP contribution is -2.19. The van der Waals surface area contributed by atoms with Crippen molar-refractivity contribution in [3.8, 4) is 5.75 Å². The molecule has 1 aliphatic heterocycles. The topological polar surface area (TPSA) is 63.1 Å². The molecule has 0 aromatic heterocycles. The molecule has 1 heterocycles. The van der Waals surface area contributed by atoms with E-state index in [0.29, 0.717) is 17.5 Å². The molecule has 1 aliphatic carbocycles. The molecule has 2 aliphatic rings. The van der Waals surface area contributed by atoms with Crippen LogP contribution in [-0.4, -0.2) is 29.6 Å². The van der Waals surface area contributed by atoms with E-state index < -0.39 is 0 Å². The number of nitrogens with one attached hydrogen (secondary N) is 1. The lowest BCUT2D eigenvalue weighted by Gasteiger charge is -2.21. The van der Waals surface area contributed by atoms with Gasteiger partial charge in [0.05, 0.1) is 18.6 Å². The third-order valence-electron chi connectivity index (χ3n) is 3.76. The molecule has 22 heavy (non-hydrogen) atoms. The monoisotopic (exact) mass is 317 g/mol. The number of rotatable bonds is 4. The first-order chi connectivity index (χ1) is 10.8. The van der Waals surface area contributed by atoms with Crippen LogP contribution in [0.3, 0.4) is 0 Å². The van der Waals surface area contributed by atoms with E-state index in [1.165, 1.54) is 35.7 Å². The summed E-state index contributed by atoms with van der Waals surface area (Å²) in [6, 6.07) is 4.06. The van der Waals surface area contributed by atoms with Gasteiger partial charge in [0.1, 0.15) is 5.75 Å². The summed E-state index contributed by atoms with van der Waals surface area (Å²) in [4.78, 5) is 11.1. The minimum absolute atomic E-state index is 0.0163. The molecule has 0 bridgehead atoms. The zero-order valence-corrected chi connectivity index (χ0v) is 13.4. The number of amides is 1. The predicted octanol–water partition coefficient (Wildman–Crippen LogP) is 2.52. The third kappa shape index (κ3) is 3.32. The van der Waals surface area contributed by atoms with E-state index in [9.17, 15) is 4.79 Å². The summed E-state index contributed by atoms with van der Waals surface area (Å²) in [6.45, 7) is 2.69. The highest BCUT2D eigenvalue weighted by Crippen LogP contribution is 2.31. The number of hydrogen-bond acceptors (Lipinski definition) is 5. The zero-order valence-electron chi connectivity index (χ0n) is 12.6. The van der Waals surface area contributed by atoms with Gasteiger partial charge in [-0.2, -0.15) is 5.10 Å². The fourth-order valence-electron chi connectivity index (χ4n) is 2.80. The Kier molecular flexibility index (Phi) is 4.77. The lowest BCUT2D eigenvalue weighted by molar-refractivity contribution is -0.116. The fraction of sp³-hybridized carbons (Fsp3) is 0.438. The Morgan fingerprint density at radius 2 is 2.14 bits per heavy atom. The molecule has 1 aromatic rings. The first-order valence-corrected chi connectivity index (χ1v) is 8.57. The summed E-state index contributed by atoms with van der Waals surface area (Å²) >= 11 is 1.38. The zero-order chi connectivity index (χ0) is 15.4. The van der Waals surface area contributed by atoms with E-state index in [1.54, 1.807) is 6.21 Å². The van der Waals surface area contributed by atoms with E-state index in [2.05, 4.69) is 15.5 Å². The quantitative estimate of drug-likeness (QED) is 0.685. The molecule has 0 saturated carbocycles. The highest BCUT2D eigenvalue weighted by Gasteiger charge is 2.18.